The molecule has 1 unspecified atom stereocenters. The van der Waals surface area contributed by atoms with E-state index in [1.165, 1.54) is 12.1 Å². The van der Waals surface area contributed by atoms with Gasteiger partial charge in [0.05, 0.1) is 5.56 Å². The van der Waals surface area contributed by atoms with Gasteiger partial charge in [-0.2, -0.15) is 13.2 Å². The summed E-state index contributed by atoms with van der Waals surface area (Å²) in [5.74, 6) is -0.276. The Hall–Kier alpha value is -1.27. The smallest absolute Gasteiger partial charge is 0.352 e. The highest BCUT2D eigenvalue weighted by Gasteiger charge is 2.30. The summed E-state index contributed by atoms with van der Waals surface area (Å²) in [7, 11) is 0. The predicted octanol–water partition coefficient (Wildman–Crippen LogP) is 2.48. The molecule has 0 bridgehead atoms. The highest BCUT2D eigenvalue weighted by molar-refractivity contribution is 5.85. The number of nitrogens with two attached hydrogens (primary N) is 1. The van der Waals surface area contributed by atoms with Crippen molar-refractivity contribution in [2.24, 2.45) is 5.73 Å². The minimum atomic E-state index is -4.37. The van der Waals surface area contributed by atoms with Crippen molar-refractivity contribution in [1.82, 2.24) is 5.32 Å². The summed E-state index contributed by atoms with van der Waals surface area (Å²) in [6.45, 7) is 1.75. The second-order valence-corrected chi connectivity index (χ2v) is 4.16. The summed E-state index contributed by atoms with van der Waals surface area (Å²) in [5.41, 5.74) is 5.12. The SMILES string of the molecule is CC(N)CC(=O)NCc1cccc(C(F)(F)F)c1.Cl. The lowest BCUT2D eigenvalue weighted by Gasteiger charge is -2.10. The molecule has 19 heavy (non-hydrogen) atoms. The van der Waals surface area contributed by atoms with Gasteiger partial charge in [-0.1, -0.05) is 12.1 Å². The summed E-state index contributed by atoms with van der Waals surface area (Å²) < 4.78 is 37.3. The van der Waals surface area contributed by atoms with Crippen LogP contribution in [0.2, 0.25) is 0 Å². The number of alkyl halides is 3. The van der Waals surface area contributed by atoms with Crippen molar-refractivity contribution in [1.29, 1.82) is 0 Å². The Bertz CT molecular complexity index is 422. The molecular formula is C12H16ClF3N2O. The lowest BCUT2D eigenvalue weighted by Crippen LogP contribution is -2.29. The number of carbonyl (C=O) groups is 1. The van der Waals surface area contributed by atoms with Crippen molar-refractivity contribution in [2.45, 2.75) is 32.1 Å². The molecule has 0 aliphatic heterocycles. The van der Waals surface area contributed by atoms with Crippen LogP contribution in [0.15, 0.2) is 24.3 Å². The van der Waals surface area contributed by atoms with E-state index in [4.69, 9.17) is 5.73 Å². The van der Waals surface area contributed by atoms with E-state index in [1.54, 1.807) is 6.92 Å². The highest BCUT2D eigenvalue weighted by Crippen LogP contribution is 2.29. The molecular weight excluding hydrogens is 281 g/mol. The fourth-order valence-electron chi connectivity index (χ4n) is 1.42. The number of benzene rings is 1. The highest BCUT2D eigenvalue weighted by atomic mass is 35.5. The quantitative estimate of drug-likeness (QED) is 0.897. The van der Waals surface area contributed by atoms with Gasteiger partial charge in [-0.05, 0) is 24.6 Å². The van der Waals surface area contributed by atoms with Crippen molar-refractivity contribution in [3.63, 3.8) is 0 Å². The van der Waals surface area contributed by atoms with E-state index >= 15 is 0 Å². The molecule has 0 aliphatic carbocycles. The summed E-state index contributed by atoms with van der Waals surface area (Å²) in [6.07, 6.45) is -4.22. The number of halogens is 4. The van der Waals surface area contributed by atoms with Crippen molar-refractivity contribution in [3.8, 4) is 0 Å². The average Bonchev–Trinajstić information content (AvgIpc) is 2.25. The summed E-state index contributed by atoms with van der Waals surface area (Å²) in [5, 5.41) is 2.52. The molecule has 3 N–H and O–H groups in total. The standard InChI is InChI=1S/C12H15F3N2O.ClH/c1-8(16)5-11(18)17-7-9-3-2-4-10(6-9)12(13,14)15;/h2-4,6,8H,5,7,16H2,1H3,(H,17,18);1H. The number of hydrogen-bond donors (Lipinski definition) is 2. The van der Waals surface area contributed by atoms with Gasteiger partial charge in [-0.15, -0.1) is 12.4 Å². The molecule has 1 rings (SSSR count). The number of hydrogen-bond acceptors (Lipinski definition) is 2. The maximum absolute atomic E-state index is 12.4. The van der Waals surface area contributed by atoms with Crippen molar-refractivity contribution >= 4 is 18.3 Å². The molecule has 1 aromatic carbocycles. The second-order valence-electron chi connectivity index (χ2n) is 4.16. The Morgan fingerprint density at radius 1 is 1.42 bits per heavy atom. The molecule has 0 saturated carbocycles. The molecule has 1 amide bonds. The van der Waals surface area contributed by atoms with Crippen LogP contribution < -0.4 is 11.1 Å². The second kappa shape index (κ2) is 7.35. The fourth-order valence-corrected chi connectivity index (χ4v) is 1.42. The van der Waals surface area contributed by atoms with Crippen LogP contribution in [0.25, 0.3) is 0 Å². The molecule has 7 heteroatoms. The van der Waals surface area contributed by atoms with Crippen LogP contribution in [0.5, 0.6) is 0 Å². The third-order valence-electron chi connectivity index (χ3n) is 2.25. The fraction of sp³-hybridized carbons (Fsp3) is 0.417. The monoisotopic (exact) mass is 296 g/mol. The van der Waals surface area contributed by atoms with Crippen molar-refractivity contribution < 1.29 is 18.0 Å². The van der Waals surface area contributed by atoms with Crippen LogP contribution in [-0.2, 0) is 17.5 Å². The zero-order valence-electron chi connectivity index (χ0n) is 10.3. The first-order valence-corrected chi connectivity index (χ1v) is 5.47. The van der Waals surface area contributed by atoms with Crippen LogP contribution >= 0.6 is 12.4 Å². The third kappa shape index (κ3) is 6.45. The molecule has 0 aliphatic rings. The lowest BCUT2D eigenvalue weighted by molar-refractivity contribution is -0.137. The zero-order valence-corrected chi connectivity index (χ0v) is 11.1. The first kappa shape index (κ1) is 17.7. The maximum atomic E-state index is 12.4. The van der Waals surface area contributed by atoms with E-state index in [1.807, 2.05) is 0 Å². The molecule has 1 atom stereocenters. The van der Waals surface area contributed by atoms with Gasteiger partial charge in [0, 0.05) is 19.0 Å². The van der Waals surface area contributed by atoms with E-state index in [0.717, 1.165) is 12.1 Å². The molecule has 108 valence electrons. The van der Waals surface area contributed by atoms with Gasteiger partial charge in [-0.25, -0.2) is 0 Å². The molecule has 3 nitrogen and oxygen atoms in total. The summed E-state index contributed by atoms with van der Waals surface area (Å²) >= 11 is 0. The normalized spacial score (nSPS) is 12.5. The largest absolute Gasteiger partial charge is 0.416 e. The molecule has 0 spiro atoms. The number of amides is 1. The van der Waals surface area contributed by atoms with Crippen LogP contribution in [0, 0.1) is 0 Å². The van der Waals surface area contributed by atoms with E-state index in [-0.39, 0.29) is 37.3 Å². The van der Waals surface area contributed by atoms with Gasteiger partial charge in [-0.3, -0.25) is 4.79 Å². The summed E-state index contributed by atoms with van der Waals surface area (Å²) in [6, 6.07) is 4.59. The topological polar surface area (TPSA) is 55.1 Å². The molecule has 1 aromatic rings. The van der Waals surface area contributed by atoms with Gasteiger partial charge in [0.2, 0.25) is 5.91 Å². The minimum Gasteiger partial charge on any atom is -0.352 e. The number of nitrogens with one attached hydrogen (secondary N) is 1. The summed E-state index contributed by atoms with van der Waals surface area (Å²) in [4.78, 5) is 11.3. The molecule has 0 radical (unpaired) electrons. The Labute approximate surface area is 115 Å². The van der Waals surface area contributed by atoms with Gasteiger partial charge in [0.15, 0.2) is 0 Å². The Balaban J connectivity index is 0.00000324. The van der Waals surface area contributed by atoms with E-state index in [9.17, 15) is 18.0 Å². The van der Waals surface area contributed by atoms with Crippen molar-refractivity contribution in [3.05, 3.63) is 35.4 Å². The third-order valence-corrected chi connectivity index (χ3v) is 2.25. The van der Waals surface area contributed by atoms with E-state index in [2.05, 4.69) is 5.32 Å². The predicted molar refractivity (Wildman–Crippen MR) is 68.8 cm³/mol. The van der Waals surface area contributed by atoms with Crippen LogP contribution in [-0.4, -0.2) is 11.9 Å². The average molecular weight is 297 g/mol. The van der Waals surface area contributed by atoms with Crippen molar-refractivity contribution in [2.75, 3.05) is 0 Å². The van der Waals surface area contributed by atoms with Crippen LogP contribution in [0.4, 0.5) is 13.2 Å². The van der Waals surface area contributed by atoms with Crippen LogP contribution in [0.3, 0.4) is 0 Å². The van der Waals surface area contributed by atoms with Gasteiger partial charge >= 0.3 is 6.18 Å². The maximum Gasteiger partial charge on any atom is 0.416 e. The van der Waals surface area contributed by atoms with Gasteiger partial charge < -0.3 is 11.1 Å². The minimum absolute atomic E-state index is 0. The zero-order chi connectivity index (χ0) is 13.8. The Morgan fingerprint density at radius 2 is 2.05 bits per heavy atom. The lowest BCUT2D eigenvalue weighted by atomic mass is 10.1. The first-order valence-electron chi connectivity index (χ1n) is 5.47. The molecule has 0 aromatic heterocycles. The van der Waals surface area contributed by atoms with E-state index < -0.39 is 11.7 Å². The Morgan fingerprint density at radius 3 is 2.58 bits per heavy atom. The Kier molecular flexibility index (Phi) is 6.86. The number of carbonyl (C=O) groups excluding carboxylic acids is 1. The van der Waals surface area contributed by atoms with E-state index in [0.29, 0.717) is 5.56 Å². The molecule has 0 saturated heterocycles. The first-order chi connectivity index (χ1) is 8.29. The number of rotatable bonds is 4. The molecule has 0 fully saturated rings. The van der Waals surface area contributed by atoms with Gasteiger partial charge in [0.1, 0.15) is 0 Å². The van der Waals surface area contributed by atoms with Crippen LogP contribution in [0.1, 0.15) is 24.5 Å². The van der Waals surface area contributed by atoms with Gasteiger partial charge in [0.25, 0.3) is 0 Å². The molecule has 0 heterocycles.